The Bertz CT molecular complexity index is 622. The molecule has 0 bridgehead atoms. The van der Waals surface area contributed by atoms with Crippen molar-refractivity contribution in [3.63, 3.8) is 0 Å². The maximum Gasteiger partial charge on any atom is 0.335 e. The van der Waals surface area contributed by atoms with E-state index in [0.717, 1.165) is 38.5 Å². The van der Waals surface area contributed by atoms with Crippen LogP contribution < -0.4 is 0 Å². The summed E-state index contributed by atoms with van der Waals surface area (Å²) in [6, 6.07) is 10.5. The van der Waals surface area contributed by atoms with Gasteiger partial charge < -0.3 is 9.84 Å². The number of rotatable bonds is 9. The van der Waals surface area contributed by atoms with Gasteiger partial charge in [0.1, 0.15) is 6.10 Å². The van der Waals surface area contributed by atoms with Gasteiger partial charge >= 0.3 is 5.97 Å². The summed E-state index contributed by atoms with van der Waals surface area (Å²) >= 11 is 0. The average Bonchev–Trinajstić information content (AvgIpc) is 2.69. The van der Waals surface area contributed by atoms with E-state index in [1.165, 1.54) is 5.56 Å². The highest BCUT2D eigenvalue weighted by Gasteiger charge is 2.42. The Hall–Kier alpha value is -1.61. The van der Waals surface area contributed by atoms with Gasteiger partial charge in [-0.05, 0) is 36.2 Å². The molecule has 5 atom stereocenters. The summed E-state index contributed by atoms with van der Waals surface area (Å²) in [7, 11) is 0. The van der Waals surface area contributed by atoms with Crippen molar-refractivity contribution >= 4 is 5.97 Å². The van der Waals surface area contributed by atoms with Crippen molar-refractivity contribution in [1.29, 1.82) is 0 Å². The van der Waals surface area contributed by atoms with Crippen LogP contribution in [0.5, 0.6) is 0 Å². The molecule has 0 amide bonds. The number of ether oxygens (including phenoxy) is 1. The Morgan fingerprint density at radius 1 is 1.32 bits per heavy atom. The Morgan fingerprint density at radius 2 is 2.00 bits per heavy atom. The summed E-state index contributed by atoms with van der Waals surface area (Å²) in [4.78, 5) is 12.8. The lowest BCUT2D eigenvalue weighted by Gasteiger charge is -2.44. The molecule has 0 radical (unpaired) electrons. The zero-order chi connectivity index (χ0) is 20.7. The molecule has 28 heavy (non-hydrogen) atoms. The van der Waals surface area contributed by atoms with E-state index in [2.05, 4.69) is 58.5 Å². The molecular formula is C25H38O3. The summed E-state index contributed by atoms with van der Waals surface area (Å²) in [6.45, 7) is 12.6. The molecule has 1 N–H and O–H groups in total. The quantitative estimate of drug-likeness (QED) is 0.440. The van der Waals surface area contributed by atoms with Crippen LogP contribution in [0.3, 0.4) is 0 Å². The monoisotopic (exact) mass is 386 g/mol. The van der Waals surface area contributed by atoms with E-state index >= 15 is 0 Å². The van der Waals surface area contributed by atoms with Gasteiger partial charge in [0, 0.05) is 11.8 Å². The molecular weight excluding hydrogens is 348 g/mol. The van der Waals surface area contributed by atoms with Crippen LogP contribution in [0.2, 0.25) is 0 Å². The van der Waals surface area contributed by atoms with Crippen molar-refractivity contribution in [2.75, 3.05) is 0 Å². The van der Waals surface area contributed by atoms with Crippen LogP contribution in [0.4, 0.5) is 0 Å². The van der Waals surface area contributed by atoms with Gasteiger partial charge in [-0.3, -0.25) is 0 Å². The largest absolute Gasteiger partial charge is 0.460 e. The number of unbranched alkanes of at least 4 members (excludes halogenated alkanes) is 1. The highest BCUT2D eigenvalue weighted by Crippen LogP contribution is 2.43. The van der Waals surface area contributed by atoms with Crippen molar-refractivity contribution < 1.29 is 14.6 Å². The van der Waals surface area contributed by atoms with Crippen LogP contribution in [0.15, 0.2) is 43.0 Å². The molecule has 3 heteroatoms. The van der Waals surface area contributed by atoms with E-state index in [1.807, 2.05) is 6.07 Å². The van der Waals surface area contributed by atoms with E-state index in [0.29, 0.717) is 5.92 Å². The predicted molar refractivity (Wildman–Crippen MR) is 115 cm³/mol. The zero-order valence-corrected chi connectivity index (χ0v) is 18.1. The topological polar surface area (TPSA) is 46.5 Å². The number of benzene rings is 1. The minimum Gasteiger partial charge on any atom is -0.460 e. The minimum atomic E-state index is -1.12. The van der Waals surface area contributed by atoms with Crippen LogP contribution >= 0.6 is 0 Å². The number of carbonyl (C=O) groups is 1. The number of aliphatic hydroxyl groups excluding tert-OH is 1. The van der Waals surface area contributed by atoms with E-state index < -0.39 is 12.1 Å². The van der Waals surface area contributed by atoms with Gasteiger partial charge in [0.25, 0.3) is 0 Å². The Morgan fingerprint density at radius 3 is 2.61 bits per heavy atom. The van der Waals surface area contributed by atoms with Gasteiger partial charge in [-0.15, -0.1) is 6.58 Å². The fourth-order valence-electron chi connectivity index (χ4n) is 4.60. The summed E-state index contributed by atoms with van der Waals surface area (Å²) < 4.78 is 5.97. The van der Waals surface area contributed by atoms with E-state index in [1.54, 1.807) is 6.08 Å². The van der Waals surface area contributed by atoms with Crippen molar-refractivity contribution in [2.45, 2.75) is 83.8 Å². The maximum absolute atomic E-state index is 12.8. The molecule has 3 nitrogen and oxygen atoms in total. The van der Waals surface area contributed by atoms with Gasteiger partial charge in [0.2, 0.25) is 0 Å². The molecule has 1 saturated carbocycles. The minimum absolute atomic E-state index is 0.0999. The molecule has 0 aromatic heterocycles. The third-order valence-corrected chi connectivity index (χ3v) is 6.61. The predicted octanol–water partition coefficient (Wildman–Crippen LogP) is 5.67. The number of carbonyl (C=O) groups excluding carboxylic acids is 1. The van der Waals surface area contributed by atoms with Crippen LogP contribution in [0, 0.1) is 17.8 Å². The van der Waals surface area contributed by atoms with Gasteiger partial charge in [0.05, 0.1) is 0 Å². The van der Waals surface area contributed by atoms with Crippen molar-refractivity contribution in [3.8, 4) is 0 Å². The van der Waals surface area contributed by atoms with E-state index in [9.17, 15) is 9.90 Å². The van der Waals surface area contributed by atoms with Crippen LogP contribution in [-0.2, 0) is 14.9 Å². The highest BCUT2D eigenvalue weighted by molar-refractivity contribution is 5.75. The molecule has 0 aliphatic heterocycles. The first-order chi connectivity index (χ1) is 13.3. The summed E-state index contributed by atoms with van der Waals surface area (Å²) in [5.74, 6) is 0.0242. The Labute approximate surface area is 171 Å². The molecule has 1 aromatic carbocycles. The number of hydrogen-bond donors (Lipinski definition) is 1. The van der Waals surface area contributed by atoms with E-state index in [-0.39, 0.29) is 23.4 Å². The van der Waals surface area contributed by atoms with Crippen LogP contribution in [0.1, 0.15) is 71.8 Å². The van der Waals surface area contributed by atoms with Gasteiger partial charge in [-0.1, -0.05) is 83.4 Å². The SMILES string of the molecule is C=C[C@@H](CCCC)[C@H](O)C(=O)O[C@@H]1C[C@H](C)CC[C@H]1C(C)(C)c1ccccc1. The van der Waals surface area contributed by atoms with Gasteiger partial charge in [-0.25, -0.2) is 4.79 Å². The van der Waals surface area contributed by atoms with Gasteiger partial charge in [0.15, 0.2) is 6.10 Å². The number of aliphatic hydroxyl groups is 1. The number of hydrogen-bond acceptors (Lipinski definition) is 3. The number of esters is 1. The lowest BCUT2D eigenvalue weighted by molar-refractivity contribution is -0.168. The molecule has 0 spiro atoms. The second-order valence-electron chi connectivity index (χ2n) is 9.07. The van der Waals surface area contributed by atoms with Crippen molar-refractivity contribution in [3.05, 3.63) is 48.6 Å². The third kappa shape index (κ3) is 5.47. The normalized spacial score (nSPS) is 25.0. The van der Waals surface area contributed by atoms with Crippen molar-refractivity contribution in [1.82, 2.24) is 0 Å². The van der Waals surface area contributed by atoms with E-state index in [4.69, 9.17) is 4.74 Å². The van der Waals surface area contributed by atoms with Crippen LogP contribution in [-0.4, -0.2) is 23.3 Å². The Kier molecular flexibility index (Phi) is 8.30. The van der Waals surface area contributed by atoms with Gasteiger partial charge in [-0.2, -0.15) is 0 Å². The zero-order valence-electron chi connectivity index (χ0n) is 18.1. The first-order valence-electron chi connectivity index (χ1n) is 10.9. The Balaban J connectivity index is 2.15. The maximum atomic E-state index is 12.8. The lowest BCUT2D eigenvalue weighted by Crippen LogP contribution is -2.45. The van der Waals surface area contributed by atoms with Crippen LogP contribution in [0.25, 0.3) is 0 Å². The second-order valence-corrected chi connectivity index (χ2v) is 9.07. The standard InChI is InChI=1S/C25H38O3/c1-6-8-12-19(7-2)23(26)24(27)28-22-17-18(3)15-16-21(22)25(4,5)20-13-10-9-11-14-20/h7,9-11,13-14,18-19,21-23,26H,2,6,8,12,15-17H2,1,3-5H3/t18-,19+,21-,22-,23+/m1/s1. The third-order valence-electron chi connectivity index (χ3n) is 6.61. The average molecular weight is 387 g/mol. The molecule has 0 unspecified atom stereocenters. The summed E-state index contributed by atoms with van der Waals surface area (Å²) in [5, 5.41) is 10.6. The molecule has 156 valence electrons. The summed E-state index contributed by atoms with van der Waals surface area (Å²) in [6.07, 6.45) is 6.17. The first-order valence-corrected chi connectivity index (χ1v) is 10.9. The molecule has 0 heterocycles. The summed E-state index contributed by atoms with van der Waals surface area (Å²) in [5.41, 5.74) is 1.17. The second kappa shape index (κ2) is 10.2. The fraction of sp³-hybridized carbons (Fsp3) is 0.640. The first kappa shape index (κ1) is 22.7. The molecule has 0 saturated heterocycles. The molecule has 2 rings (SSSR count). The lowest BCUT2D eigenvalue weighted by atomic mass is 9.64. The molecule has 1 aliphatic rings. The molecule has 1 aromatic rings. The smallest absolute Gasteiger partial charge is 0.335 e. The highest BCUT2D eigenvalue weighted by atomic mass is 16.6. The molecule has 1 aliphatic carbocycles. The fourth-order valence-corrected chi connectivity index (χ4v) is 4.60. The molecule has 1 fully saturated rings. The van der Waals surface area contributed by atoms with Crippen molar-refractivity contribution in [2.24, 2.45) is 17.8 Å².